The molecule has 0 saturated heterocycles. The van der Waals surface area contributed by atoms with Crippen LogP contribution in [-0.2, 0) is 16.6 Å². The molecule has 0 aliphatic heterocycles. The van der Waals surface area contributed by atoms with E-state index in [9.17, 15) is 12.8 Å². The molecule has 2 aromatic rings. The smallest absolute Gasteiger partial charge is 0.262 e. The Hall–Kier alpha value is -1.92. The van der Waals surface area contributed by atoms with Crippen molar-refractivity contribution in [1.29, 1.82) is 0 Å². The van der Waals surface area contributed by atoms with Crippen LogP contribution in [0.2, 0.25) is 0 Å². The molecule has 0 aromatic heterocycles. The summed E-state index contributed by atoms with van der Waals surface area (Å²) in [7, 11) is -3.78. The van der Waals surface area contributed by atoms with Gasteiger partial charge in [0.15, 0.2) is 0 Å². The summed E-state index contributed by atoms with van der Waals surface area (Å²) in [6.07, 6.45) is 0. The van der Waals surface area contributed by atoms with Crippen molar-refractivity contribution in [3.05, 3.63) is 58.9 Å². The average Bonchev–Trinajstić information content (AvgIpc) is 2.37. The first kappa shape index (κ1) is 15.5. The Morgan fingerprint density at radius 1 is 1.14 bits per heavy atom. The van der Waals surface area contributed by atoms with Crippen LogP contribution in [0.1, 0.15) is 16.7 Å². The van der Waals surface area contributed by atoms with Crippen LogP contribution in [0.15, 0.2) is 41.3 Å². The summed E-state index contributed by atoms with van der Waals surface area (Å²) < 4.78 is 40.6. The number of hydrogen-bond donors (Lipinski definition) is 2. The van der Waals surface area contributed by atoms with E-state index >= 15 is 0 Å². The molecule has 6 heteroatoms. The molecule has 3 N–H and O–H groups in total. The summed E-state index contributed by atoms with van der Waals surface area (Å²) in [4.78, 5) is 0.146. The second kappa shape index (κ2) is 5.83. The molecular formula is C15H17FN2O2S. The highest BCUT2D eigenvalue weighted by Crippen LogP contribution is 2.22. The molecule has 4 nitrogen and oxygen atoms in total. The van der Waals surface area contributed by atoms with Crippen LogP contribution >= 0.6 is 0 Å². The number of sulfonamides is 1. The predicted octanol–water partition coefficient (Wildman–Crippen LogP) is 2.70. The Balaban J connectivity index is 2.42. The van der Waals surface area contributed by atoms with Crippen LogP contribution in [0.25, 0.3) is 0 Å². The molecule has 0 atom stereocenters. The lowest BCUT2D eigenvalue weighted by atomic mass is 10.1. The van der Waals surface area contributed by atoms with E-state index in [0.717, 1.165) is 11.6 Å². The fourth-order valence-corrected chi connectivity index (χ4v) is 3.40. The molecule has 0 heterocycles. The predicted molar refractivity (Wildman–Crippen MR) is 81.0 cm³/mol. The van der Waals surface area contributed by atoms with Crippen molar-refractivity contribution in [1.82, 2.24) is 0 Å². The zero-order valence-electron chi connectivity index (χ0n) is 11.9. The highest BCUT2D eigenvalue weighted by atomic mass is 32.2. The minimum Gasteiger partial charge on any atom is -0.326 e. The van der Waals surface area contributed by atoms with Gasteiger partial charge in [0.05, 0.1) is 10.6 Å². The monoisotopic (exact) mass is 308 g/mol. The SMILES string of the molecule is Cc1cc(F)cc(NS(=O)(=O)c2cc(CN)ccc2C)c1. The second-order valence-electron chi connectivity index (χ2n) is 4.93. The second-order valence-corrected chi connectivity index (χ2v) is 6.58. The van der Waals surface area contributed by atoms with E-state index in [-0.39, 0.29) is 17.1 Å². The van der Waals surface area contributed by atoms with Crippen molar-refractivity contribution >= 4 is 15.7 Å². The van der Waals surface area contributed by atoms with Gasteiger partial charge in [0, 0.05) is 6.54 Å². The average molecular weight is 308 g/mol. The van der Waals surface area contributed by atoms with E-state index in [1.807, 2.05) is 0 Å². The van der Waals surface area contributed by atoms with Gasteiger partial charge in [-0.1, -0.05) is 12.1 Å². The molecule has 0 aliphatic carbocycles. The molecule has 2 rings (SSSR count). The van der Waals surface area contributed by atoms with Crippen LogP contribution in [0.5, 0.6) is 0 Å². The molecule has 0 unspecified atom stereocenters. The Bertz CT molecular complexity index is 753. The number of anilines is 1. The zero-order chi connectivity index (χ0) is 15.6. The lowest BCUT2D eigenvalue weighted by molar-refractivity contribution is 0.600. The molecule has 21 heavy (non-hydrogen) atoms. The Morgan fingerprint density at radius 2 is 1.86 bits per heavy atom. The molecule has 0 aliphatic rings. The minimum atomic E-state index is -3.78. The van der Waals surface area contributed by atoms with Gasteiger partial charge in [-0.25, -0.2) is 12.8 Å². The third-order valence-electron chi connectivity index (χ3n) is 3.07. The number of rotatable bonds is 4. The van der Waals surface area contributed by atoms with E-state index in [4.69, 9.17) is 5.73 Å². The van der Waals surface area contributed by atoms with Gasteiger partial charge in [0.1, 0.15) is 5.82 Å². The maximum absolute atomic E-state index is 13.4. The minimum absolute atomic E-state index is 0.146. The van der Waals surface area contributed by atoms with Crippen LogP contribution in [-0.4, -0.2) is 8.42 Å². The molecule has 0 radical (unpaired) electrons. The fourth-order valence-electron chi connectivity index (χ4n) is 2.07. The van der Waals surface area contributed by atoms with E-state index in [0.29, 0.717) is 11.1 Å². The first-order valence-corrected chi connectivity index (χ1v) is 7.90. The van der Waals surface area contributed by atoms with Gasteiger partial charge in [-0.2, -0.15) is 0 Å². The standard InChI is InChI=1S/C15H17FN2O2S/c1-10-5-13(16)8-14(6-10)18-21(19,20)15-7-12(9-17)4-3-11(15)2/h3-8,18H,9,17H2,1-2H3. The Morgan fingerprint density at radius 3 is 2.48 bits per heavy atom. The van der Waals surface area contributed by atoms with E-state index in [1.54, 1.807) is 32.0 Å². The largest absolute Gasteiger partial charge is 0.326 e. The molecular weight excluding hydrogens is 291 g/mol. The third-order valence-corrected chi connectivity index (χ3v) is 4.60. The number of hydrogen-bond acceptors (Lipinski definition) is 3. The van der Waals surface area contributed by atoms with Gasteiger partial charge in [0.25, 0.3) is 10.0 Å². The van der Waals surface area contributed by atoms with Crippen LogP contribution in [0.3, 0.4) is 0 Å². The van der Waals surface area contributed by atoms with Crippen molar-refractivity contribution in [3.8, 4) is 0 Å². The van der Waals surface area contributed by atoms with Crippen molar-refractivity contribution in [2.45, 2.75) is 25.3 Å². The molecule has 2 aromatic carbocycles. The summed E-state index contributed by atoms with van der Waals surface area (Å²) >= 11 is 0. The first-order chi connectivity index (χ1) is 9.81. The third kappa shape index (κ3) is 3.59. The Labute approximate surface area is 123 Å². The molecule has 0 amide bonds. The number of aryl methyl sites for hydroxylation is 2. The van der Waals surface area contributed by atoms with E-state index in [2.05, 4.69) is 4.72 Å². The van der Waals surface area contributed by atoms with Crippen molar-refractivity contribution in [3.63, 3.8) is 0 Å². The maximum atomic E-state index is 13.4. The number of nitrogens with one attached hydrogen (secondary N) is 1. The quantitative estimate of drug-likeness (QED) is 0.912. The molecule has 0 fully saturated rings. The molecule has 0 saturated carbocycles. The van der Waals surface area contributed by atoms with E-state index in [1.165, 1.54) is 12.1 Å². The summed E-state index contributed by atoms with van der Waals surface area (Å²) in [5.74, 6) is -0.486. The molecule has 0 bridgehead atoms. The van der Waals surface area contributed by atoms with Gasteiger partial charge < -0.3 is 5.73 Å². The topological polar surface area (TPSA) is 72.2 Å². The highest BCUT2D eigenvalue weighted by molar-refractivity contribution is 7.92. The van der Waals surface area contributed by atoms with Crippen molar-refractivity contribution in [2.24, 2.45) is 5.73 Å². The van der Waals surface area contributed by atoms with E-state index < -0.39 is 15.8 Å². The van der Waals surface area contributed by atoms with Gasteiger partial charge in [-0.05, 0) is 54.8 Å². The van der Waals surface area contributed by atoms with Crippen LogP contribution in [0.4, 0.5) is 10.1 Å². The van der Waals surface area contributed by atoms with Gasteiger partial charge in [-0.15, -0.1) is 0 Å². The summed E-state index contributed by atoms with van der Waals surface area (Å²) in [6.45, 7) is 3.65. The summed E-state index contributed by atoms with van der Waals surface area (Å²) in [5, 5.41) is 0. The highest BCUT2D eigenvalue weighted by Gasteiger charge is 2.18. The number of halogens is 1. The van der Waals surface area contributed by atoms with Crippen molar-refractivity contribution in [2.75, 3.05) is 4.72 Å². The lowest BCUT2D eigenvalue weighted by Crippen LogP contribution is -2.15. The molecule has 0 spiro atoms. The van der Waals surface area contributed by atoms with Gasteiger partial charge in [-0.3, -0.25) is 4.72 Å². The van der Waals surface area contributed by atoms with Crippen LogP contribution < -0.4 is 10.5 Å². The molecule has 112 valence electrons. The fraction of sp³-hybridized carbons (Fsp3) is 0.200. The van der Waals surface area contributed by atoms with Crippen molar-refractivity contribution < 1.29 is 12.8 Å². The zero-order valence-corrected chi connectivity index (χ0v) is 12.7. The van der Waals surface area contributed by atoms with Gasteiger partial charge >= 0.3 is 0 Å². The Kier molecular flexibility index (Phi) is 4.29. The summed E-state index contributed by atoms with van der Waals surface area (Å²) in [6, 6.07) is 9.06. The maximum Gasteiger partial charge on any atom is 0.262 e. The number of nitrogens with two attached hydrogens (primary N) is 1. The number of benzene rings is 2. The van der Waals surface area contributed by atoms with Gasteiger partial charge in [0.2, 0.25) is 0 Å². The van der Waals surface area contributed by atoms with Crippen LogP contribution in [0, 0.1) is 19.7 Å². The summed E-state index contributed by atoms with van der Waals surface area (Å²) in [5.41, 5.74) is 7.70. The first-order valence-electron chi connectivity index (χ1n) is 6.41. The lowest BCUT2D eigenvalue weighted by Gasteiger charge is -2.12. The normalized spacial score (nSPS) is 11.4.